The summed E-state index contributed by atoms with van der Waals surface area (Å²) in [5.41, 5.74) is 5.88. The summed E-state index contributed by atoms with van der Waals surface area (Å²) >= 11 is 0. The van der Waals surface area contributed by atoms with Gasteiger partial charge in [-0.05, 0) is 37.3 Å². The number of rotatable bonds is 2. The minimum absolute atomic E-state index is 0.0113. The normalized spacial score (nSPS) is 16.6. The Labute approximate surface area is 159 Å². The van der Waals surface area contributed by atoms with Crippen LogP contribution in [0.2, 0.25) is 0 Å². The number of fused-ring (bicyclic) bond motifs is 2. The van der Waals surface area contributed by atoms with E-state index in [9.17, 15) is 9.90 Å². The largest absolute Gasteiger partial charge is 0.450 e. The molecule has 1 N–H and O–H groups in total. The van der Waals surface area contributed by atoms with Crippen LogP contribution < -0.4 is 0 Å². The Morgan fingerprint density at radius 1 is 1.19 bits per heavy atom. The zero-order valence-corrected chi connectivity index (χ0v) is 15.6. The number of nitrogens with zero attached hydrogens (tertiary/aromatic N) is 3. The van der Waals surface area contributed by atoms with Gasteiger partial charge in [0.15, 0.2) is 0 Å². The van der Waals surface area contributed by atoms with Crippen LogP contribution in [0.4, 0.5) is 4.79 Å². The average Bonchev–Trinajstić information content (AvgIpc) is 3.03. The van der Waals surface area contributed by atoms with E-state index in [1.54, 1.807) is 11.1 Å². The van der Waals surface area contributed by atoms with Crippen molar-refractivity contribution in [1.29, 1.82) is 0 Å². The van der Waals surface area contributed by atoms with Gasteiger partial charge in [-0.2, -0.15) is 0 Å². The van der Waals surface area contributed by atoms with Gasteiger partial charge in [-0.15, -0.1) is 0 Å². The molecule has 1 saturated heterocycles. The molecule has 142 valence electrons. The van der Waals surface area contributed by atoms with Crippen molar-refractivity contribution in [1.82, 2.24) is 14.5 Å². The maximum atomic E-state index is 12.0. The van der Waals surface area contributed by atoms with E-state index in [4.69, 9.17) is 4.74 Å². The second-order valence-electron chi connectivity index (χ2n) is 6.95. The molecule has 1 aromatic heterocycles. The minimum atomic E-state index is -0.230. The molecule has 0 unspecified atom stereocenters. The summed E-state index contributed by atoms with van der Waals surface area (Å²) in [5.74, 6) is 0.934. The third kappa shape index (κ3) is 3.25. The minimum Gasteiger partial charge on any atom is -0.450 e. The smallest absolute Gasteiger partial charge is 0.409 e. The monoisotopic (exact) mass is 367 g/mol. The highest BCUT2D eigenvalue weighted by Crippen LogP contribution is 2.36. The maximum Gasteiger partial charge on any atom is 0.409 e. The predicted octanol–water partition coefficient (Wildman–Crippen LogP) is 2.99. The fourth-order valence-corrected chi connectivity index (χ4v) is 4.09. The van der Waals surface area contributed by atoms with Crippen molar-refractivity contribution in [3.63, 3.8) is 0 Å². The molecule has 1 aromatic carbocycles. The molecule has 27 heavy (non-hydrogen) atoms. The highest BCUT2D eigenvalue weighted by atomic mass is 16.6. The third-order valence-electron chi connectivity index (χ3n) is 5.46. The third-order valence-corrected chi connectivity index (χ3v) is 5.46. The van der Waals surface area contributed by atoms with Crippen molar-refractivity contribution in [2.24, 2.45) is 0 Å². The van der Waals surface area contributed by atoms with Gasteiger partial charge in [0.2, 0.25) is 0 Å². The molecule has 0 bridgehead atoms. The molecule has 0 atom stereocenters. The summed E-state index contributed by atoms with van der Waals surface area (Å²) in [7, 11) is 0. The Morgan fingerprint density at radius 3 is 2.70 bits per heavy atom. The first-order valence-corrected chi connectivity index (χ1v) is 9.60. The second-order valence-corrected chi connectivity index (χ2v) is 6.95. The van der Waals surface area contributed by atoms with E-state index in [0.29, 0.717) is 19.7 Å². The number of likely N-dealkylation sites (tertiary alicyclic amines) is 1. The van der Waals surface area contributed by atoms with Gasteiger partial charge in [0.25, 0.3) is 0 Å². The number of ether oxygens (including phenoxy) is 1. The van der Waals surface area contributed by atoms with Crippen LogP contribution in [-0.2, 0) is 24.3 Å². The Hall–Kier alpha value is -2.60. The second kappa shape index (κ2) is 7.56. The number of amides is 1. The average molecular weight is 367 g/mol. The lowest BCUT2D eigenvalue weighted by Crippen LogP contribution is -2.37. The number of hydrogen-bond acceptors (Lipinski definition) is 4. The number of piperidine rings is 1. The molecule has 1 fully saturated rings. The van der Waals surface area contributed by atoms with Gasteiger partial charge in [-0.3, -0.25) is 0 Å². The molecule has 2 aliphatic rings. The van der Waals surface area contributed by atoms with E-state index in [2.05, 4.69) is 33.8 Å². The van der Waals surface area contributed by atoms with E-state index in [-0.39, 0.29) is 12.7 Å². The van der Waals surface area contributed by atoms with E-state index in [1.165, 1.54) is 22.3 Å². The highest BCUT2D eigenvalue weighted by Gasteiger charge is 2.27. The van der Waals surface area contributed by atoms with Crippen molar-refractivity contribution in [3.8, 4) is 0 Å². The summed E-state index contributed by atoms with van der Waals surface area (Å²) in [6, 6.07) is 8.48. The van der Waals surface area contributed by atoms with E-state index >= 15 is 0 Å². The van der Waals surface area contributed by atoms with Crippen LogP contribution in [-0.4, -0.2) is 45.3 Å². The van der Waals surface area contributed by atoms with Crippen molar-refractivity contribution in [2.75, 3.05) is 19.7 Å². The quantitative estimate of drug-likeness (QED) is 0.886. The number of imidazole rings is 1. The number of aliphatic hydroxyl groups is 1. The Kier molecular flexibility index (Phi) is 4.99. The van der Waals surface area contributed by atoms with Crippen LogP contribution in [0.1, 0.15) is 42.4 Å². The van der Waals surface area contributed by atoms with Crippen LogP contribution in [0.3, 0.4) is 0 Å². The molecule has 2 aliphatic heterocycles. The zero-order valence-electron chi connectivity index (χ0n) is 15.6. The number of carbonyl (C=O) groups excluding carboxylic acids is 1. The number of hydrogen-bond donors (Lipinski definition) is 1. The summed E-state index contributed by atoms with van der Waals surface area (Å²) in [6.45, 7) is 4.35. The number of carbonyl (C=O) groups is 1. The lowest BCUT2D eigenvalue weighted by molar-refractivity contribution is 0.104. The van der Waals surface area contributed by atoms with Gasteiger partial charge in [-0.1, -0.05) is 29.8 Å². The summed E-state index contributed by atoms with van der Waals surface area (Å²) in [5, 5.41) is 9.70. The van der Waals surface area contributed by atoms with Crippen molar-refractivity contribution < 1.29 is 14.6 Å². The van der Waals surface area contributed by atoms with Gasteiger partial charge >= 0.3 is 6.09 Å². The molecule has 0 saturated carbocycles. The number of aromatic nitrogens is 2. The molecular weight excluding hydrogens is 342 g/mol. The molecule has 4 rings (SSSR count). The Balaban J connectivity index is 1.74. The van der Waals surface area contributed by atoms with E-state index < -0.39 is 0 Å². The fourth-order valence-electron chi connectivity index (χ4n) is 4.09. The molecule has 0 spiro atoms. The summed E-state index contributed by atoms with van der Waals surface area (Å²) in [6.07, 6.45) is 4.08. The SMILES string of the molecule is CCOC(=O)N1CCC(=C2c3ccccc3CCn3c(CO)cnc32)CC1. The zero-order chi connectivity index (χ0) is 18.8. The fraction of sp³-hybridized carbons (Fsp3) is 0.429. The predicted molar refractivity (Wildman–Crippen MR) is 102 cm³/mol. The molecule has 0 radical (unpaired) electrons. The Bertz CT molecular complexity index is 875. The molecule has 0 aliphatic carbocycles. The lowest BCUT2D eigenvalue weighted by Gasteiger charge is -2.29. The van der Waals surface area contributed by atoms with Gasteiger partial charge < -0.3 is 19.3 Å². The molecule has 6 heteroatoms. The topological polar surface area (TPSA) is 67.6 Å². The van der Waals surface area contributed by atoms with Gasteiger partial charge in [0.05, 0.1) is 25.1 Å². The van der Waals surface area contributed by atoms with Crippen LogP contribution in [0.15, 0.2) is 36.0 Å². The number of benzene rings is 1. The van der Waals surface area contributed by atoms with Crippen molar-refractivity contribution in [3.05, 3.63) is 58.7 Å². The van der Waals surface area contributed by atoms with Crippen molar-refractivity contribution in [2.45, 2.75) is 39.3 Å². The van der Waals surface area contributed by atoms with Crippen LogP contribution in [0, 0.1) is 0 Å². The first kappa shape index (κ1) is 17.8. The van der Waals surface area contributed by atoms with Crippen LogP contribution in [0.5, 0.6) is 0 Å². The maximum absolute atomic E-state index is 12.0. The molecule has 3 heterocycles. The molecule has 6 nitrogen and oxygen atoms in total. The van der Waals surface area contributed by atoms with E-state index in [0.717, 1.165) is 37.3 Å². The van der Waals surface area contributed by atoms with Crippen LogP contribution in [0.25, 0.3) is 5.57 Å². The number of aliphatic hydroxyl groups excluding tert-OH is 1. The van der Waals surface area contributed by atoms with Crippen molar-refractivity contribution >= 4 is 11.7 Å². The molecular formula is C21H25N3O3. The van der Waals surface area contributed by atoms with Gasteiger partial charge in [-0.25, -0.2) is 9.78 Å². The Morgan fingerprint density at radius 2 is 1.96 bits per heavy atom. The first-order chi connectivity index (χ1) is 13.2. The van der Waals surface area contributed by atoms with E-state index in [1.807, 2.05) is 6.92 Å². The summed E-state index contributed by atoms with van der Waals surface area (Å²) < 4.78 is 7.28. The van der Waals surface area contributed by atoms with Crippen LogP contribution >= 0.6 is 0 Å². The number of aryl methyl sites for hydroxylation is 1. The van der Waals surface area contributed by atoms with Gasteiger partial charge in [0.1, 0.15) is 5.82 Å². The lowest BCUT2D eigenvalue weighted by atomic mass is 9.90. The summed E-state index contributed by atoms with van der Waals surface area (Å²) in [4.78, 5) is 18.5. The molecule has 1 amide bonds. The highest BCUT2D eigenvalue weighted by molar-refractivity contribution is 5.82. The molecule has 2 aromatic rings. The standard InChI is InChI=1S/C21H25N3O3/c1-2-27-21(26)23-10-7-16(8-11-23)19-18-6-4-3-5-15(18)9-12-24-17(14-25)13-22-20(19)24/h3-6,13,25H,2,7-12,14H2,1H3. The first-order valence-electron chi connectivity index (χ1n) is 9.60. The van der Waals surface area contributed by atoms with Gasteiger partial charge in [0, 0.05) is 25.2 Å².